The molecule has 0 aromatic rings. The first-order valence-corrected chi connectivity index (χ1v) is 7.05. The predicted molar refractivity (Wildman–Crippen MR) is 70.3 cm³/mol. The fourth-order valence-electron chi connectivity index (χ4n) is 2.62. The molecule has 0 saturated heterocycles. The molecule has 1 aliphatic carbocycles. The van der Waals surface area contributed by atoms with Gasteiger partial charge in [0.25, 0.3) is 0 Å². The third-order valence-corrected chi connectivity index (χ3v) is 3.79. The number of rotatable bonds is 8. The molecule has 18 heavy (non-hydrogen) atoms. The van der Waals surface area contributed by atoms with Gasteiger partial charge in [-0.25, -0.2) is 0 Å². The maximum absolute atomic E-state index is 11.8. The van der Waals surface area contributed by atoms with Gasteiger partial charge in [-0.15, -0.1) is 0 Å². The molecule has 0 aromatic heterocycles. The Bertz CT molecular complexity index is 272. The van der Waals surface area contributed by atoms with Crippen molar-refractivity contribution in [3.63, 3.8) is 0 Å². The molecule has 1 N–H and O–H groups in total. The molecule has 1 aliphatic rings. The topological polar surface area (TPSA) is 57.6 Å². The van der Waals surface area contributed by atoms with Gasteiger partial charge in [0, 0.05) is 26.4 Å². The maximum atomic E-state index is 11.8. The number of nitrogens with zero attached hydrogens (tertiary/aromatic N) is 1. The van der Waals surface area contributed by atoms with Gasteiger partial charge in [0.05, 0.1) is 0 Å². The largest absolute Gasteiger partial charge is 0.481 e. The van der Waals surface area contributed by atoms with Gasteiger partial charge in [-0.1, -0.05) is 25.7 Å². The summed E-state index contributed by atoms with van der Waals surface area (Å²) in [4.78, 5) is 23.8. The van der Waals surface area contributed by atoms with Crippen molar-refractivity contribution in [2.45, 2.75) is 57.8 Å². The molecule has 0 radical (unpaired) electrons. The molecule has 0 aliphatic heterocycles. The highest BCUT2D eigenvalue weighted by atomic mass is 16.4. The number of amides is 1. The number of carboxylic acid groups (broad SMARTS) is 1. The molecule has 0 atom stereocenters. The van der Waals surface area contributed by atoms with Crippen LogP contribution in [-0.4, -0.2) is 35.5 Å². The summed E-state index contributed by atoms with van der Waals surface area (Å²) in [6.07, 6.45) is 8.83. The Labute approximate surface area is 109 Å². The summed E-state index contributed by atoms with van der Waals surface area (Å²) in [5.74, 6) is 0.200. The highest BCUT2D eigenvalue weighted by molar-refractivity contribution is 5.75. The van der Waals surface area contributed by atoms with E-state index in [2.05, 4.69) is 0 Å². The third-order valence-electron chi connectivity index (χ3n) is 3.79. The van der Waals surface area contributed by atoms with Gasteiger partial charge in [0.2, 0.25) is 5.91 Å². The Balaban J connectivity index is 2.05. The van der Waals surface area contributed by atoms with Gasteiger partial charge in [0.15, 0.2) is 0 Å². The highest BCUT2D eigenvalue weighted by Gasteiger charge is 2.15. The van der Waals surface area contributed by atoms with Crippen molar-refractivity contribution in [2.75, 3.05) is 13.6 Å². The summed E-state index contributed by atoms with van der Waals surface area (Å²) < 4.78 is 0. The third kappa shape index (κ3) is 6.03. The summed E-state index contributed by atoms with van der Waals surface area (Å²) in [6, 6.07) is 0. The number of carbonyl (C=O) groups excluding carboxylic acids is 1. The fourth-order valence-corrected chi connectivity index (χ4v) is 2.62. The van der Waals surface area contributed by atoms with Crippen LogP contribution in [0.15, 0.2) is 0 Å². The average molecular weight is 255 g/mol. The first kappa shape index (κ1) is 15.0. The molecule has 0 spiro atoms. The second-order valence-corrected chi connectivity index (χ2v) is 5.36. The number of carbonyl (C=O) groups is 2. The minimum absolute atomic E-state index is 0.139. The minimum atomic E-state index is -0.794. The van der Waals surface area contributed by atoms with E-state index in [0.717, 1.165) is 12.3 Å². The lowest BCUT2D eigenvalue weighted by atomic mass is 10.0. The van der Waals surface area contributed by atoms with Crippen molar-refractivity contribution in [3.05, 3.63) is 0 Å². The van der Waals surface area contributed by atoms with Gasteiger partial charge < -0.3 is 10.0 Å². The van der Waals surface area contributed by atoms with Gasteiger partial charge >= 0.3 is 5.97 Å². The molecule has 104 valence electrons. The first-order valence-electron chi connectivity index (χ1n) is 7.05. The van der Waals surface area contributed by atoms with Crippen molar-refractivity contribution >= 4 is 11.9 Å². The van der Waals surface area contributed by atoms with Gasteiger partial charge in [0.1, 0.15) is 0 Å². The summed E-state index contributed by atoms with van der Waals surface area (Å²) in [5.41, 5.74) is 0. The van der Waals surface area contributed by atoms with E-state index >= 15 is 0 Å². The van der Waals surface area contributed by atoms with E-state index in [4.69, 9.17) is 5.11 Å². The summed E-state index contributed by atoms with van der Waals surface area (Å²) in [5, 5.41) is 8.52. The van der Waals surface area contributed by atoms with Crippen LogP contribution in [0.4, 0.5) is 0 Å². The lowest BCUT2D eigenvalue weighted by molar-refractivity contribution is -0.138. The normalized spacial score (nSPS) is 15.8. The minimum Gasteiger partial charge on any atom is -0.481 e. The van der Waals surface area contributed by atoms with Crippen molar-refractivity contribution < 1.29 is 14.7 Å². The Morgan fingerprint density at radius 2 is 1.83 bits per heavy atom. The first-order chi connectivity index (χ1) is 8.59. The average Bonchev–Trinajstić information content (AvgIpc) is 2.81. The molecular formula is C14H25NO3. The van der Waals surface area contributed by atoms with Crippen LogP contribution in [0.25, 0.3) is 0 Å². The monoisotopic (exact) mass is 255 g/mol. The Morgan fingerprint density at radius 3 is 2.44 bits per heavy atom. The van der Waals surface area contributed by atoms with Crippen molar-refractivity contribution in [1.29, 1.82) is 0 Å². The van der Waals surface area contributed by atoms with Crippen LogP contribution in [-0.2, 0) is 9.59 Å². The lowest BCUT2D eigenvalue weighted by Crippen LogP contribution is -2.27. The number of hydrogen-bond acceptors (Lipinski definition) is 2. The SMILES string of the molecule is CN(CCCC(=O)O)C(=O)CCCC1CCCC1. The zero-order chi connectivity index (χ0) is 13.4. The maximum Gasteiger partial charge on any atom is 0.303 e. The van der Waals surface area contributed by atoms with E-state index < -0.39 is 5.97 Å². The van der Waals surface area contributed by atoms with E-state index in [1.165, 1.54) is 32.1 Å². The van der Waals surface area contributed by atoms with Crippen LogP contribution >= 0.6 is 0 Å². The van der Waals surface area contributed by atoms with Crippen LogP contribution < -0.4 is 0 Å². The van der Waals surface area contributed by atoms with Crippen LogP contribution in [0, 0.1) is 5.92 Å². The Kier molecular flexibility index (Phi) is 6.76. The van der Waals surface area contributed by atoms with Crippen molar-refractivity contribution in [2.24, 2.45) is 5.92 Å². The van der Waals surface area contributed by atoms with Crippen molar-refractivity contribution in [3.8, 4) is 0 Å². The summed E-state index contributed by atoms with van der Waals surface area (Å²) in [6.45, 7) is 0.550. The summed E-state index contributed by atoms with van der Waals surface area (Å²) in [7, 11) is 1.76. The smallest absolute Gasteiger partial charge is 0.303 e. The lowest BCUT2D eigenvalue weighted by Gasteiger charge is -2.17. The quantitative estimate of drug-likeness (QED) is 0.725. The molecule has 1 amide bonds. The molecule has 1 saturated carbocycles. The molecule has 4 nitrogen and oxygen atoms in total. The zero-order valence-corrected chi connectivity index (χ0v) is 11.4. The molecular weight excluding hydrogens is 230 g/mol. The van der Waals surface area contributed by atoms with Crippen LogP contribution in [0.2, 0.25) is 0 Å². The summed E-state index contributed by atoms with van der Waals surface area (Å²) >= 11 is 0. The fraction of sp³-hybridized carbons (Fsp3) is 0.857. The van der Waals surface area contributed by atoms with E-state index in [1.807, 2.05) is 0 Å². The number of carboxylic acids is 1. The van der Waals surface area contributed by atoms with Crippen LogP contribution in [0.3, 0.4) is 0 Å². The zero-order valence-electron chi connectivity index (χ0n) is 11.4. The number of hydrogen-bond donors (Lipinski definition) is 1. The van der Waals surface area contributed by atoms with Gasteiger partial charge in [-0.3, -0.25) is 9.59 Å². The van der Waals surface area contributed by atoms with Gasteiger partial charge in [-0.2, -0.15) is 0 Å². The van der Waals surface area contributed by atoms with Crippen LogP contribution in [0.1, 0.15) is 57.8 Å². The van der Waals surface area contributed by atoms with E-state index in [9.17, 15) is 9.59 Å². The van der Waals surface area contributed by atoms with E-state index in [-0.39, 0.29) is 12.3 Å². The molecule has 1 fully saturated rings. The molecule has 1 rings (SSSR count). The second-order valence-electron chi connectivity index (χ2n) is 5.36. The van der Waals surface area contributed by atoms with Gasteiger partial charge in [-0.05, 0) is 25.2 Å². The Hall–Kier alpha value is -1.06. The molecule has 0 heterocycles. The molecule has 0 bridgehead atoms. The molecule has 4 heteroatoms. The second kappa shape index (κ2) is 8.11. The standard InChI is InChI=1S/C14H25NO3/c1-15(11-5-10-14(17)18)13(16)9-4-8-12-6-2-3-7-12/h12H,2-11H2,1H3,(H,17,18). The molecule has 0 aromatic carbocycles. The predicted octanol–water partition coefficient (Wildman–Crippen LogP) is 2.67. The van der Waals surface area contributed by atoms with Crippen molar-refractivity contribution in [1.82, 2.24) is 4.90 Å². The number of aliphatic carboxylic acids is 1. The molecule has 0 unspecified atom stereocenters. The van der Waals surface area contributed by atoms with E-state index in [1.54, 1.807) is 11.9 Å². The van der Waals surface area contributed by atoms with Crippen LogP contribution in [0.5, 0.6) is 0 Å². The highest BCUT2D eigenvalue weighted by Crippen LogP contribution is 2.28. The Morgan fingerprint density at radius 1 is 1.17 bits per heavy atom. The van der Waals surface area contributed by atoms with E-state index in [0.29, 0.717) is 19.4 Å².